The summed E-state index contributed by atoms with van der Waals surface area (Å²) in [6.07, 6.45) is 0.560. The summed E-state index contributed by atoms with van der Waals surface area (Å²) in [5, 5.41) is 11.4. The van der Waals surface area contributed by atoms with Crippen molar-refractivity contribution in [3.63, 3.8) is 0 Å². The summed E-state index contributed by atoms with van der Waals surface area (Å²) in [5.74, 6) is -0.996. The number of hydrogen-bond acceptors (Lipinski definition) is 7. The molecular weight excluding hydrogens is 256 g/mol. The first-order valence-corrected chi connectivity index (χ1v) is 5.59. The molecule has 0 aromatic rings. The molecule has 0 radical (unpaired) electrons. The van der Waals surface area contributed by atoms with E-state index in [-0.39, 0.29) is 18.2 Å². The first-order valence-electron chi connectivity index (χ1n) is 5.59. The van der Waals surface area contributed by atoms with Crippen molar-refractivity contribution < 1.29 is 29.0 Å². The molecule has 1 rings (SSSR count). The smallest absolute Gasteiger partial charge is 0.303 e. The molecule has 1 aliphatic heterocycles. The zero-order valence-corrected chi connectivity index (χ0v) is 10.7. The Bertz CT molecular complexity index is 417. The summed E-state index contributed by atoms with van der Waals surface area (Å²) >= 11 is 0. The standard InChI is InChI=1S/C11H16N2O6/c1-6(14)17-5-10-8(18-7(2)15)3-4-9(19-10)11(12)13-16/h4,8,10,16H,3,5H2,1-2H3,(H2,12,13)/t8-,10+/m0/s1. The highest BCUT2D eigenvalue weighted by Gasteiger charge is 2.32. The van der Waals surface area contributed by atoms with E-state index in [0.717, 1.165) is 0 Å². The Morgan fingerprint density at radius 3 is 2.74 bits per heavy atom. The van der Waals surface area contributed by atoms with Gasteiger partial charge in [-0.2, -0.15) is 0 Å². The summed E-state index contributed by atoms with van der Waals surface area (Å²) in [4.78, 5) is 21.8. The van der Waals surface area contributed by atoms with E-state index in [4.69, 9.17) is 25.2 Å². The van der Waals surface area contributed by atoms with Gasteiger partial charge in [0, 0.05) is 20.3 Å². The average molecular weight is 272 g/mol. The van der Waals surface area contributed by atoms with Crippen LogP contribution in [0, 0.1) is 0 Å². The van der Waals surface area contributed by atoms with Gasteiger partial charge in [-0.05, 0) is 6.08 Å². The van der Waals surface area contributed by atoms with Gasteiger partial charge in [0.15, 0.2) is 11.9 Å². The van der Waals surface area contributed by atoms with Crippen LogP contribution < -0.4 is 5.73 Å². The SMILES string of the molecule is CC(=O)OC[C@H]1OC(C(N)=NO)=CC[C@@H]1OC(C)=O. The maximum absolute atomic E-state index is 11.0. The molecule has 8 heteroatoms. The number of oxime groups is 1. The molecular formula is C11H16N2O6. The predicted octanol–water partition coefficient (Wildman–Crippen LogP) is -0.0996. The van der Waals surface area contributed by atoms with Crippen LogP contribution in [0.4, 0.5) is 0 Å². The van der Waals surface area contributed by atoms with Crippen molar-refractivity contribution in [2.75, 3.05) is 6.61 Å². The fraction of sp³-hybridized carbons (Fsp3) is 0.545. The molecule has 0 aromatic carbocycles. The van der Waals surface area contributed by atoms with Crippen molar-refractivity contribution in [2.24, 2.45) is 10.9 Å². The van der Waals surface area contributed by atoms with Crippen LogP contribution in [0.15, 0.2) is 17.0 Å². The van der Waals surface area contributed by atoms with Crippen LogP contribution in [0.2, 0.25) is 0 Å². The van der Waals surface area contributed by atoms with Gasteiger partial charge in [-0.1, -0.05) is 5.16 Å². The minimum absolute atomic E-state index is 0.0939. The van der Waals surface area contributed by atoms with E-state index < -0.39 is 24.1 Å². The highest BCUT2D eigenvalue weighted by Crippen LogP contribution is 2.21. The molecule has 106 valence electrons. The number of amidine groups is 1. The Morgan fingerprint density at radius 1 is 1.53 bits per heavy atom. The van der Waals surface area contributed by atoms with Crippen molar-refractivity contribution in [3.8, 4) is 0 Å². The van der Waals surface area contributed by atoms with Crippen LogP contribution in [0.25, 0.3) is 0 Å². The van der Waals surface area contributed by atoms with E-state index in [2.05, 4.69) is 5.16 Å². The van der Waals surface area contributed by atoms with Crippen LogP contribution in [0.5, 0.6) is 0 Å². The van der Waals surface area contributed by atoms with E-state index in [1.165, 1.54) is 19.9 Å². The number of hydrogen-bond donors (Lipinski definition) is 2. The summed E-state index contributed by atoms with van der Waals surface area (Å²) in [6.45, 7) is 2.43. The maximum atomic E-state index is 11.0. The van der Waals surface area contributed by atoms with Crippen molar-refractivity contribution in [2.45, 2.75) is 32.5 Å². The zero-order chi connectivity index (χ0) is 14.4. The first kappa shape index (κ1) is 14.8. The molecule has 0 unspecified atom stereocenters. The molecule has 0 amide bonds. The summed E-state index contributed by atoms with van der Waals surface area (Å²) in [7, 11) is 0. The van der Waals surface area contributed by atoms with Gasteiger partial charge in [-0.3, -0.25) is 9.59 Å². The second kappa shape index (κ2) is 6.62. The predicted molar refractivity (Wildman–Crippen MR) is 63.2 cm³/mol. The van der Waals surface area contributed by atoms with Gasteiger partial charge in [-0.25, -0.2) is 0 Å². The van der Waals surface area contributed by atoms with Gasteiger partial charge in [0.2, 0.25) is 5.84 Å². The molecule has 0 aromatic heterocycles. The number of ether oxygens (including phenoxy) is 3. The van der Waals surface area contributed by atoms with Crippen LogP contribution in [-0.4, -0.2) is 41.8 Å². The lowest BCUT2D eigenvalue weighted by Crippen LogP contribution is -2.41. The van der Waals surface area contributed by atoms with E-state index in [1.807, 2.05) is 0 Å². The number of carbonyl (C=O) groups excluding carboxylic acids is 2. The lowest BCUT2D eigenvalue weighted by atomic mass is 10.1. The van der Waals surface area contributed by atoms with Crippen LogP contribution in [0.1, 0.15) is 20.3 Å². The van der Waals surface area contributed by atoms with Crippen LogP contribution in [-0.2, 0) is 23.8 Å². The minimum atomic E-state index is -0.701. The van der Waals surface area contributed by atoms with E-state index >= 15 is 0 Å². The van der Waals surface area contributed by atoms with Crippen molar-refractivity contribution >= 4 is 17.8 Å². The van der Waals surface area contributed by atoms with Gasteiger partial charge >= 0.3 is 11.9 Å². The summed E-state index contributed by atoms with van der Waals surface area (Å²) < 4.78 is 15.3. The third-order valence-corrected chi connectivity index (χ3v) is 2.36. The normalized spacial score (nSPS) is 23.1. The van der Waals surface area contributed by atoms with Crippen LogP contribution in [0.3, 0.4) is 0 Å². The number of carbonyl (C=O) groups is 2. The number of esters is 2. The van der Waals surface area contributed by atoms with Crippen molar-refractivity contribution in [3.05, 3.63) is 11.8 Å². The average Bonchev–Trinajstić information content (AvgIpc) is 2.35. The molecule has 0 aliphatic carbocycles. The first-order chi connectivity index (χ1) is 8.93. The van der Waals surface area contributed by atoms with Gasteiger partial charge < -0.3 is 25.2 Å². The molecule has 19 heavy (non-hydrogen) atoms. The second-order valence-corrected chi connectivity index (χ2v) is 3.90. The van der Waals surface area contributed by atoms with E-state index in [0.29, 0.717) is 6.42 Å². The number of nitrogens with two attached hydrogens (primary N) is 1. The second-order valence-electron chi connectivity index (χ2n) is 3.90. The van der Waals surface area contributed by atoms with Gasteiger partial charge in [0.05, 0.1) is 0 Å². The van der Waals surface area contributed by atoms with Gasteiger partial charge in [0.25, 0.3) is 0 Å². The molecule has 0 fully saturated rings. The highest BCUT2D eigenvalue weighted by molar-refractivity contribution is 5.94. The molecule has 0 saturated carbocycles. The third kappa shape index (κ3) is 4.49. The Labute approximate surface area is 109 Å². The molecule has 0 saturated heterocycles. The summed E-state index contributed by atoms with van der Waals surface area (Å²) in [5.41, 5.74) is 5.40. The molecule has 3 N–H and O–H groups in total. The Balaban J connectivity index is 2.77. The topological polar surface area (TPSA) is 120 Å². The molecule has 0 spiro atoms. The fourth-order valence-corrected chi connectivity index (χ4v) is 1.55. The minimum Gasteiger partial charge on any atom is -0.479 e. The van der Waals surface area contributed by atoms with Crippen molar-refractivity contribution in [1.82, 2.24) is 0 Å². The number of rotatable bonds is 4. The van der Waals surface area contributed by atoms with Crippen molar-refractivity contribution in [1.29, 1.82) is 0 Å². The lowest BCUT2D eigenvalue weighted by Gasteiger charge is -2.30. The third-order valence-electron chi connectivity index (χ3n) is 2.36. The molecule has 0 bridgehead atoms. The molecule has 8 nitrogen and oxygen atoms in total. The van der Waals surface area contributed by atoms with Gasteiger partial charge in [0.1, 0.15) is 12.7 Å². The Kier molecular flexibility index (Phi) is 5.16. The molecule has 2 atom stereocenters. The Hall–Kier alpha value is -2.25. The quantitative estimate of drug-likeness (QED) is 0.241. The van der Waals surface area contributed by atoms with E-state index in [1.54, 1.807) is 0 Å². The van der Waals surface area contributed by atoms with Gasteiger partial charge in [-0.15, -0.1) is 0 Å². The zero-order valence-electron chi connectivity index (χ0n) is 10.7. The molecule has 1 aliphatic rings. The highest BCUT2D eigenvalue weighted by atomic mass is 16.6. The summed E-state index contributed by atoms with van der Waals surface area (Å²) in [6, 6.07) is 0. The molecule has 1 heterocycles. The van der Waals surface area contributed by atoms with E-state index in [9.17, 15) is 9.59 Å². The lowest BCUT2D eigenvalue weighted by molar-refractivity contribution is -0.160. The number of nitrogens with zero attached hydrogens (tertiary/aromatic N) is 1. The largest absolute Gasteiger partial charge is 0.479 e. The monoisotopic (exact) mass is 272 g/mol. The fourth-order valence-electron chi connectivity index (χ4n) is 1.55. The van der Waals surface area contributed by atoms with Crippen LogP contribution >= 0.6 is 0 Å². The maximum Gasteiger partial charge on any atom is 0.303 e. The Morgan fingerprint density at radius 2 is 2.21 bits per heavy atom.